The minimum atomic E-state index is -0.142. The van der Waals surface area contributed by atoms with Crippen molar-refractivity contribution in [1.82, 2.24) is 10.3 Å². The maximum absolute atomic E-state index is 12.3. The minimum Gasteiger partial charge on any atom is -0.431 e. The molecule has 0 saturated heterocycles. The van der Waals surface area contributed by atoms with Gasteiger partial charge in [-0.15, -0.1) is 0 Å². The molecule has 1 N–H and O–H groups in total. The third-order valence-corrected chi connectivity index (χ3v) is 5.92. The van der Waals surface area contributed by atoms with Gasteiger partial charge in [0.2, 0.25) is 5.91 Å². The average Bonchev–Trinajstić information content (AvgIpc) is 3.23. The highest BCUT2D eigenvalue weighted by Gasteiger charge is 2.18. The van der Waals surface area contributed by atoms with Gasteiger partial charge in [-0.05, 0) is 17.7 Å². The van der Waals surface area contributed by atoms with Gasteiger partial charge in [0.05, 0.1) is 5.75 Å². The molecule has 4 nitrogen and oxygen atoms in total. The van der Waals surface area contributed by atoms with E-state index < -0.39 is 0 Å². The van der Waals surface area contributed by atoms with Gasteiger partial charge in [-0.1, -0.05) is 102 Å². The number of hydrogen-bond donors (Lipinski definition) is 1. The number of halogens is 2. The Morgan fingerprint density at radius 1 is 0.935 bits per heavy atom. The molecule has 0 spiro atoms. The van der Waals surface area contributed by atoms with Crippen LogP contribution in [0, 0.1) is 0 Å². The summed E-state index contributed by atoms with van der Waals surface area (Å²) in [6.45, 7) is 0.325. The van der Waals surface area contributed by atoms with Crippen LogP contribution in [0.4, 0.5) is 0 Å². The Kier molecular flexibility index (Phi) is 6.97. The SMILES string of the molecule is O=C(CSc1nc(-c2ccccc2)c(-c2ccccc2)o1)NCc1ccc(Cl)cc1Cl. The van der Waals surface area contributed by atoms with Crippen LogP contribution in [0.1, 0.15) is 5.56 Å². The van der Waals surface area contributed by atoms with E-state index in [1.165, 1.54) is 11.8 Å². The fourth-order valence-electron chi connectivity index (χ4n) is 2.98. The summed E-state index contributed by atoms with van der Waals surface area (Å²) in [7, 11) is 0. The number of carbonyl (C=O) groups is 1. The lowest BCUT2D eigenvalue weighted by Crippen LogP contribution is -2.24. The molecular weight excluding hydrogens is 451 g/mol. The molecule has 1 heterocycles. The Hall–Kier alpha value is -2.73. The van der Waals surface area contributed by atoms with Gasteiger partial charge in [0.25, 0.3) is 5.22 Å². The molecule has 31 heavy (non-hydrogen) atoms. The second-order valence-corrected chi connectivity index (χ2v) is 8.46. The Morgan fingerprint density at radius 3 is 2.29 bits per heavy atom. The molecule has 0 fully saturated rings. The molecular formula is C24H18Cl2N2O2S. The number of carbonyl (C=O) groups excluding carboxylic acids is 1. The first kappa shape index (κ1) is 21.5. The molecule has 0 bridgehead atoms. The molecule has 0 atom stereocenters. The Bertz CT molecular complexity index is 1120. The summed E-state index contributed by atoms with van der Waals surface area (Å²) in [5.74, 6) is 0.716. The predicted octanol–water partition coefficient (Wildman–Crippen LogP) is 6.72. The van der Waals surface area contributed by atoms with E-state index in [1.807, 2.05) is 60.7 Å². The Labute approximate surface area is 194 Å². The maximum Gasteiger partial charge on any atom is 0.257 e. The van der Waals surface area contributed by atoms with E-state index in [0.29, 0.717) is 27.6 Å². The minimum absolute atomic E-state index is 0.142. The summed E-state index contributed by atoms with van der Waals surface area (Å²) in [4.78, 5) is 17.0. The van der Waals surface area contributed by atoms with Gasteiger partial charge < -0.3 is 9.73 Å². The number of benzene rings is 3. The number of hydrogen-bond acceptors (Lipinski definition) is 4. The van der Waals surface area contributed by atoms with Gasteiger partial charge in [-0.3, -0.25) is 4.79 Å². The Morgan fingerprint density at radius 2 is 1.61 bits per heavy atom. The number of amides is 1. The Balaban J connectivity index is 1.46. The zero-order valence-corrected chi connectivity index (χ0v) is 18.7. The molecule has 0 aliphatic rings. The standard InChI is InChI=1S/C24H18Cl2N2O2S/c25-19-12-11-18(20(26)13-19)14-27-21(29)15-31-24-28-22(16-7-3-1-4-8-16)23(30-24)17-9-5-2-6-10-17/h1-13H,14-15H2,(H,27,29). The number of rotatable bonds is 7. The van der Waals surface area contributed by atoms with Gasteiger partial charge in [0.15, 0.2) is 5.76 Å². The molecule has 0 aliphatic carbocycles. The summed E-state index contributed by atoms with van der Waals surface area (Å²) in [5, 5.41) is 4.38. The lowest BCUT2D eigenvalue weighted by molar-refractivity contribution is -0.118. The van der Waals surface area contributed by atoms with Crippen molar-refractivity contribution in [2.75, 3.05) is 5.75 Å². The highest BCUT2D eigenvalue weighted by atomic mass is 35.5. The molecule has 4 rings (SSSR count). The number of thioether (sulfide) groups is 1. The zero-order chi connectivity index (χ0) is 21.6. The highest BCUT2D eigenvalue weighted by Crippen LogP contribution is 2.35. The number of aromatic nitrogens is 1. The second kappa shape index (κ2) is 10.1. The first-order chi connectivity index (χ1) is 15.1. The van der Waals surface area contributed by atoms with Crippen LogP contribution in [0.25, 0.3) is 22.6 Å². The van der Waals surface area contributed by atoms with Crippen LogP contribution in [-0.4, -0.2) is 16.6 Å². The third-order valence-electron chi connectivity index (χ3n) is 4.51. The lowest BCUT2D eigenvalue weighted by Gasteiger charge is -2.06. The van der Waals surface area contributed by atoms with Crippen LogP contribution in [0.5, 0.6) is 0 Å². The van der Waals surface area contributed by atoms with Crippen molar-refractivity contribution in [1.29, 1.82) is 0 Å². The quantitative estimate of drug-likeness (QED) is 0.305. The molecule has 0 saturated carbocycles. The van der Waals surface area contributed by atoms with Crippen molar-refractivity contribution in [2.24, 2.45) is 0 Å². The number of oxazole rings is 1. The van der Waals surface area contributed by atoms with Crippen LogP contribution in [0.2, 0.25) is 10.0 Å². The van der Waals surface area contributed by atoms with Crippen molar-refractivity contribution < 1.29 is 9.21 Å². The summed E-state index contributed by atoms with van der Waals surface area (Å²) in [5.41, 5.74) is 3.45. The van der Waals surface area contributed by atoms with Crippen molar-refractivity contribution in [3.05, 3.63) is 94.5 Å². The van der Waals surface area contributed by atoms with Crippen LogP contribution in [0.15, 0.2) is 88.5 Å². The first-order valence-corrected chi connectivity index (χ1v) is 11.3. The normalized spacial score (nSPS) is 10.8. The van der Waals surface area contributed by atoms with Crippen LogP contribution >= 0.6 is 35.0 Å². The van der Waals surface area contributed by atoms with Crippen LogP contribution in [-0.2, 0) is 11.3 Å². The third kappa shape index (κ3) is 5.50. The predicted molar refractivity (Wildman–Crippen MR) is 126 cm³/mol. The van der Waals surface area contributed by atoms with Crippen molar-refractivity contribution in [3.8, 4) is 22.6 Å². The van der Waals surface area contributed by atoms with E-state index in [2.05, 4.69) is 10.3 Å². The van der Waals surface area contributed by atoms with Gasteiger partial charge in [0, 0.05) is 27.7 Å². The molecule has 1 aromatic heterocycles. The van der Waals surface area contributed by atoms with E-state index in [4.69, 9.17) is 27.6 Å². The van der Waals surface area contributed by atoms with Gasteiger partial charge in [-0.25, -0.2) is 4.98 Å². The molecule has 0 aliphatic heterocycles. The zero-order valence-electron chi connectivity index (χ0n) is 16.3. The van der Waals surface area contributed by atoms with E-state index >= 15 is 0 Å². The van der Waals surface area contributed by atoms with Gasteiger partial charge >= 0.3 is 0 Å². The summed E-state index contributed by atoms with van der Waals surface area (Å²) in [6.07, 6.45) is 0. The smallest absolute Gasteiger partial charge is 0.257 e. The van der Waals surface area contributed by atoms with Crippen molar-refractivity contribution >= 4 is 40.9 Å². The lowest BCUT2D eigenvalue weighted by atomic mass is 10.1. The number of nitrogens with zero attached hydrogens (tertiary/aromatic N) is 1. The largest absolute Gasteiger partial charge is 0.431 e. The monoisotopic (exact) mass is 468 g/mol. The topological polar surface area (TPSA) is 55.1 Å². The summed E-state index contributed by atoms with van der Waals surface area (Å²) < 4.78 is 6.04. The van der Waals surface area contributed by atoms with E-state index in [0.717, 1.165) is 22.4 Å². The summed E-state index contributed by atoms with van der Waals surface area (Å²) in [6, 6.07) is 24.9. The summed E-state index contributed by atoms with van der Waals surface area (Å²) >= 11 is 13.3. The molecule has 0 unspecified atom stereocenters. The van der Waals surface area contributed by atoms with Crippen molar-refractivity contribution in [3.63, 3.8) is 0 Å². The number of nitrogens with one attached hydrogen (secondary N) is 1. The van der Waals surface area contributed by atoms with E-state index in [9.17, 15) is 4.79 Å². The molecule has 1 amide bonds. The van der Waals surface area contributed by atoms with Gasteiger partial charge in [0.1, 0.15) is 5.69 Å². The average molecular weight is 469 g/mol. The fourth-order valence-corrected chi connectivity index (χ4v) is 4.11. The molecule has 7 heteroatoms. The molecule has 156 valence electrons. The van der Waals surface area contributed by atoms with Crippen LogP contribution in [0.3, 0.4) is 0 Å². The fraction of sp³-hybridized carbons (Fsp3) is 0.0833. The highest BCUT2D eigenvalue weighted by molar-refractivity contribution is 7.99. The van der Waals surface area contributed by atoms with Crippen LogP contribution < -0.4 is 5.32 Å². The van der Waals surface area contributed by atoms with Crippen molar-refractivity contribution in [2.45, 2.75) is 11.8 Å². The van der Waals surface area contributed by atoms with E-state index in [-0.39, 0.29) is 11.7 Å². The molecule has 0 radical (unpaired) electrons. The molecule has 4 aromatic rings. The molecule has 3 aromatic carbocycles. The second-order valence-electron chi connectivity index (χ2n) is 6.69. The van der Waals surface area contributed by atoms with Gasteiger partial charge in [-0.2, -0.15) is 0 Å². The first-order valence-electron chi connectivity index (χ1n) is 9.55. The van der Waals surface area contributed by atoms with E-state index in [1.54, 1.807) is 18.2 Å². The maximum atomic E-state index is 12.3.